The predicted octanol–water partition coefficient (Wildman–Crippen LogP) is 2.86. The summed E-state index contributed by atoms with van der Waals surface area (Å²) in [5.41, 5.74) is 6.40. The maximum absolute atomic E-state index is 13.8. The number of nitrogens with one attached hydrogen (secondary N) is 2. The molecule has 0 saturated carbocycles. The van der Waals surface area contributed by atoms with Crippen LogP contribution in [0.4, 0.5) is 15.8 Å². The summed E-state index contributed by atoms with van der Waals surface area (Å²) in [7, 11) is 1.26. The third-order valence-electron chi connectivity index (χ3n) is 2.83. The van der Waals surface area contributed by atoms with Crippen LogP contribution in [0.1, 0.15) is 5.56 Å². The Balaban J connectivity index is 2.09. The van der Waals surface area contributed by atoms with Gasteiger partial charge in [0.1, 0.15) is 5.82 Å². The van der Waals surface area contributed by atoms with Gasteiger partial charge in [0.25, 0.3) is 0 Å². The Kier molecular flexibility index (Phi) is 4.68. The van der Waals surface area contributed by atoms with Gasteiger partial charge in [-0.15, -0.1) is 0 Å². The van der Waals surface area contributed by atoms with Crippen LogP contribution in [-0.2, 0) is 6.54 Å². The fourth-order valence-corrected chi connectivity index (χ4v) is 1.79. The summed E-state index contributed by atoms with van der Waals surface area (Å²) in [5, 5.41) is 10.9. The van der Waals surface area contributed by atoms with Crippen LogP contribution in [0, 0.1) is 15.9 Å². The number of ether oxygens (including phenoxy) is 1. The summed E-state index contributed by atoms with van der Waals surface area (Å²) < 4.78 is 18.6. The number of anilines is 1. The van der Waals surface area contributed by atoms with Crippen molar-refractivity contribution in [1.29, 1.82) is 0 Å². The SMILES string of the molecule is COc1cc(F)c(CNNc2ccccc2)cc1[N+](=O)[O-]. The first-order chi connectivity index (χ1) is 10.1. The zero-order valence-corrected chi connectivity index (χ0v) is 11.3. The van der Waals surface area contributed by atoms with E-state index in [9.17, 15) is 14.5 Å². The van der Waals surface area contributed by atoms with Crippen LogP contribution in [0.2, 0.25) is 0 Å². The van der Waals surface area contributed by atoms with E-state index in [0.717, 1.165) is 17.8 Å². The molecule has 6 nitrogen and oxygen atoms in total. The number of rotatable bonds is 6. The number of hydrogen-bond donors (Lipinski definition) is 2. The van der Waals surface area contributed by atoms with Gasteiger partial charge in [0, 0.05) is 29.9 Å². The Morgan fingerprint density at radius 2 is 2.00 bits per heavy atom. The van der Waals surface area contributed by atoms with E-state index in [1.165, 1.54) is 7.11 Å². The monoisotopic (exact) mass is 291 g/mol. The second kappa shape index (κ2) is 6.67. The third-order valence-corrected chi connectivity index (χ3v) is 2.83. The van der Waals surface area contributed by atoms with Gasteiger partial charge in [-0.05, 0) is 12.1 Å². The normalized spacial score (nSPS) is 10.2. The van der Waals surface area contributed by atoms with Crippen molar-refractivity contribution in [3.63, 3.8) is 0 Å². The van der Waals surface area contributed by atoms with Gasteiger partial charge < -0.3 is 10.2 Å². The van der Waals surface area contributed by atoms with Crippen LogP contribution >= 0.6 is 0 Å². The minimum absolute atomic E-state index is 0.0889. The summed E-state index contributed by atoms with van der Waals surface area (Å²) in [4.78, 5) is 10.3. The molecule has 0 aliphatic rings. The quantitative estimate of drug-likeness (QED) is 0.632. The first-order valence-corrected chi connectivity index (χ1v) is 6.16. The fourth-order valence-electron chi connectivity index (χ4n) is 1.79. The lowest BCUT2D eigenvalue weighted by Gasteiger charge is -2.10. The average Bonchev–Trinajstić information content (AvgIpc) is 2.49. The largest absolute Gasteiger partial charge is 0.490 e. The molecule has 0 heterocycles. The molecule has 2 rings (SSSR count). The maximum Gasteiger partial charge on any atom is 0.311 e. The number of para-hydroxylation sites is 1. The highest BCUT2D eigenvalue weighted by atomic mass is 19.1. The van der Waals surface area contributed by atoms with E-state index in [1.54, 1.807) is 0 Å². The number of benzene rings is 2. The van der Waals surface area contributed by atoms with Crippen molar-refractivity contribution in [3.05, 3.63) is 64.0 Å². The summed E-state index contributed by atoms with van der Waals surface area (Å²) in [6.07, 6.45) is 0. The van der Waals surface area contributed by atoms with Crippen LogP contribution < -0.4 is 15.6 Å². The first kappa shape index (κ1) is 14.7. The highest BCUT2D eigenvalue weighted by molar-refractivity contribution is 5.49. The van der Waals surface area contributed by atoms with Crippen molar-refractivity contribution < 1.29 is 14.1 Å². The van der Waals surface area contributed by atoms with Gasteiger partial charge in [-0.1, -0.05) is 18.2 Å². The predicted molar refractivity (Wildman–Crippen MR) is 76.5 cm³/mol. The van der Waals surface area contributed by atoms with Crippen LogP contribution in [0.5, 0.6) is 5.75 Å². The molecule has 2 aromatic rings. The zero-order chi connectivity index (χ0) is 15.2. The summed E-state index contributed by atoms with van der Waals surface area (Å²) >= 11 is 0. The fraction of sp³-hybridized carbons (Fsp3) is 0.143. The molecule has 0 bridgehead atoms. The molecule has 2 N–H and O–H groups in total. The second-order valence-corrected chi connectivity index (χ2v) is 4.22. The van der Waals surface area contributed by atoms with Crippen LogP contribution in [-0.4, -0.2) is 12.0 Å². The van der Waals surface area contributed by atoms with E-state index in [-0.39, 0.29) is 23.5 Å². The van der Waals surface area contributed by atoms with E-state index >= 15 is 0 Å². The number of methoxy groups -OCH3 is 1. The molecule has 0 saturated heterocycles. The molecular formula is C14H14FN3O3. The molecule has 0 radical (unpaired) electrons. The lowest BCUT2D eigenvalue weighted by atomic mass is 10.1. The van der Waals surface area contributed by atoms with Gasteiger partial charge in [-0.2, -0.15) is 0 Å². The minimum Gasteiger partial charge on any atom is -0.490 e. The Labute approximate surface area is 120 Å². The van der Waals surface area contributed by atoms with Crippen LogP contribution in [0.15, 0.2) is 42.5 Å². The molecule has 0 aromatic heterocycles. The molecule has 0 aliphatic heterocycles. The van der Waals surface area contributed by atoms with Crippen molar-refractivity contribution in [2.24, 2.45) is 0 Å². The topological polar surface area (TPSA) is 76.4 Å². The lowest BCUT2D eigenvalue weighted by Crippen LogP contribution is -2.21. The van der Waals surface area contributed by atoms with Crippen molar-refractivity contribution in [1.82, 2.24) is 5.43 Å². The van der Waals surface area contributed by atoms with Gasteiger partial charge in [0.05, 0.1) is 12.0 Å². The molecule has 0 spiro atoms. The zero-order valence-electron chi connectivity index (χ0n) is 11.3. The standard InChI is InChI=1S/C14H14FN3O3/c1-21-14-8-12(15)10(7-13(14)18(19)20)9-16-17-11-5-3-2-4-6-11/h2-8,16-17H,9H2,1H3. The lowest BCUT2D eigenvalue weighted by molar-refractivity contribution is -0.385. The second-order valence-electron chi connectivity index (χ2n) is 4.22. The van der Waals surface area contributed by atoms with Gasteiger partial charge in [0.2, 0.25) is 0 Å². The number of hydrazine groups is 1. The molecule has 0 fully saturated rings. The molecule has 0 atom stereocenters. The number of nitro groups is 1. The van der Waals surface area contributed by atoms with Crippen molar-refractivity contribution in [3.8, 4) is 5.75 Å². The Bertz CT molecular complexity index is 635. The van der Waals surface area contributed by atoms with E-state index in [0.29, 0.717) is 0 Å². The number of hydrogen-bond acceptors (Lipinski definition) is 5. The summed E-state index contributed by atoms with van der Waals surface area (Å²) in [5.74, 6) is -0.669. The van der Waals surface area contributed by atoms with E-state index in [4.69, 9.17) is 4.74 Å². The van der Waals surface area contributed by atoms with Crippen LogP contribution in [0.3, 0.4) is 0 Å². The summed E-state index contributed by atoms with van der Waals surface area (Å²) in [6, 6.07) is 11.4. The number of halogens is 1. The van der Waals surface area contributed by atoms with Crippen LogP contribution in [0.25, 0.3) is 0 Å². The highest BCUT2D eigenvalue weighted by Gasteiger charge is 2.18. The van der Waals surface area contributed by atoms with Gasteiger partial charge in [0.15, 0.2) is 5.75 Å². The highest BCUT2D eigenvalue weighted by Crippen LogP contribution is 2.29. The van der Waals surface area contributed by atoms with E-state index in [2.05, 4.69) is 10.9 Å². The molecule has 0 aliphatic carbocycles. The number of nitrogens with zero attached hydrogens (tertiary/aromatic N) is 1. The van der Waals surface area contributed by atoms with Crippen molar-refractivity contribution >= 4 is 11.4 Å². The third kappa shape index (κ3) is 3.67. The molecular weight excluding hydrogens is 277 g/mol. The van der Waals surface area contributed by atoms with Gasteiger partial charge in [-0.25, -0.2) is 9.82 Å². The van der Waals surface area contributed by atoms with E-state index < -0.39 is 10.7 Å². The molecule has 0 unspecified atom stereocenters. The Hall–Kier alpha value is -2.67. The molecule has 110 valence electrons. The first-order valence-electron chi connectivity index (χ1n) is 6.16. The molecule has 21 heavy (non-hydrogen) atoms. The van der Waals surface area contributed by atoms with Gasteiger partial charge in [-0.3, -0.25) is 10.1 Å². The van der Waals surface area contributed by atoms with Crippen molar-refractivity contribution in [2.45, 2.75) is 6.54 Å². The molecule has 0 amide bonds. The Morgan fingerprint density at radius 3 is 2.62 bits per heavy atom. The summed E-state index contributed by atoms with van der Waals surface area (Å²) in [6.45, 7) is 0.0889. The smallest absolute Gasteiger partial charge is 0.311 e. The van der Waals surface area contributed by atoms with Crippen molar-refractivity contribution in [2.75, 3.05) is 12.5 Å². The van der Waals surface area contributed by atoms with Gasteiger partial charge >= 0.3 is 5.69 Å². The van der Waals surface area contributed by atoms with E-state index in [1.807, 2.05) is 30.3 Å². The Morgan fingerprint density at radius 1 is 1.29 bits per heavy atom. The molecule has 7 heteroatoms. The molecule has 2 aromatic carbocycles. The number of nitro benzene ring substituents is 1. The maximum atomic E-state index is 13.8. The average molecular weight is 291 g/mol. The minimum atomic E-state index is -0.605.